The second-order valence-corrected chi connectivity index (χ2v) is 4.91. The fourth-order valence-corrected chi connectivity index (χ4v) is 2.05. The molecule has 3 nitrogen and oxygen atoms in total. The van der Waals surface area contributed by atoms with E-state index in [1.807, 2.05) is 13.2 Å². The molecule has 0 aromatic carbocycles. The summed E-state index contributed by atoms with van der Waals surface area (Å²) in [5.74, 6) is 2.87. The smallest absolute Gasteiger partial charge is 0.128 e. The molecule has 0 bridgehead atoms. The van der Waals surface area contributed by atoms with Gasteiger partial charge in [-0.1, -0.05) is 13.0 Å². The van der Waals surface area contributed by atoms with Crippen molar-refractivity contribution in [2.24, 2.45) is 11.8 Å². The summed E-state index contributed by atoms with van der Waals surface area (Å²) in [6, 6.07) is 4.26. The van der Waals surface area contributed by atoms with E-state index >= 15 is 0 Å². The average Bonchev–Trinajstić information content (AvgIpc) is 2.95. The zero-order valence-electron chi connectivity index (χ0n) is 10.4. The lowest BCUT2D eigenvalue weighted by Crippen LogP contribution is -2.21. The quantitative estimate of drug-likeness (QED) is 0.819. The van der Waals surface area contributed by atoms with Gasteiger partial charge in [0.1, 0.15) is 5.82 Å². The Morgan fingerprint density at radius 1 is 1.50 bits per heavy atom. The molecule has 0 spiro atoms. The average molecular weight is 219 g/mol. The molecular weight excluding hydrogens is 198 g/mol. The summed E-state index contributed by atoms with van der Waals surface area (Å²) in [6.45, 7) is 4.35. The summed E-state index contributed by atoms with van der Waals surface area (Å²) >= 11 is 0. The first-order chi connectivity index (χ1) is 7.70. The van der Waals surface area contributed by atoms with Crippen LogP contribution >= 0.6 is 0 Å². The summed E-state index contributed by atoms with van der Waals surface area (Å²) in [7, 11) is 4.08. The molecule has 0 aliphatic heterocycles. The molecule has 2 unspecified atom stereocenters. The Kier molecular flexibility index (Phi) is 3.44. The maximum absolute atomic E-state index is 4.49. The molecular formula is C13H21N3. The van der Waals surface area contributed by atoms with Crippen molar-refractivity contribution in [2.45, 2.75) is 19.9 Å². The first-order valence-corrected chi connectivity index (χ1v) is 6.01. The van der Waals surface area contributed by atoms with Crippen LogP contribution in [0.1, 0.15) is 18.9 Å². The van der Waals surface area contributed by atoms with Crippen molar-refractivity contribution < 1.29 is 0 Å². The number of aromatic nitrogens is 1. The van der Waals surface area contributed by atoms with Crippen molar-refractivity contribution in [3.63, 3.8) is 0 Å². The number of hydrogen-bond donors (Lipinski definition) is 1. The lowest BCUT2D eigenvalue weighted by atomic mass is 10.2. The molecule has 1 N–H and O–H groups in total. The van der Waals surface area contributed by atoms with Crippen molar-refractivity contribution in [2.75, 3.05) is 25.5 Å². The molecule has 1 heterocycles. The van der Waals surface area contributed by atoms with E-state index < -0.39 is 0 Å². The predicted octanol–water partition coefficient (Wildman–Crippen LogP) is 1.89. The van der Waals surface area contributed by atoms with Crippen molar-refractivity contribution in [1.82, 2.24) is 10.3 Å². The van der Waals surface area contributed by atoms with Gasteiger partial charge in [0, 0.05) is 26.3 Å². The molecule has 1 aliphatic rings. The molecule has 1 fully saturated rings. The Morgan fingerprint density at radius 2 is 2.25 bits per heavy atom. The minimum absolute atomic E-state index is 0.879. The number of nitrogens with one attached hydrogen (secondary N) is 1. The molecule has 0 amide bonds. The predicted molar refractivity (Wildman–Crippen MR) is 67.5 cm³/mol. The highest BCUT2D eigenvalue weighted by Crippen LogP contribution is 2.38. The number of pyridine rings is 1. The number of hydrogen-bond acceptors (Lipinski definition) is 3. The van der Waals surface area contributed by atoms with Crippen LogP contribution in [0.5, 0.6) is 0 Å². The van der Waals surface area contributed by atoms with Gasteiger partial charge < -0.3 is 10.2 Å². The minimum atomic E-state index is 0.879. The van der Waals surface area contributed by atoms with E-state index in [-0.39, 0.29) is 0 Å². The first kappa shape index (κ1) is 11.4. The van der Waals surface area contributed by atoms with Gasteiger partial charge in [0.05, 0.1) is 0 Å². The Hall–Kier alpha value is -1.09. The summed E-state index contributed by atoms with van der Waals surface area (Å²) in [5.41, 5.74) is 1.24. The summed E-state index contributed by atoms with van der Waals surface area (Å²) in [4.78, 5) is 6.75. The maximum Gasteiger partial charge on any atom is 0.128 e. The molecule has 0 saturated heterocycles. The Bertz CT molecular complexity index is 334. The second kappa shape index (κ2) is 4.83. The van der Waals surface area contributed by atoms with Gasteiger partial charge in [0.25, 0.3) is 0 Å². The van der Waals surface area contributed by atoms with Crippen LogP contribution in [0.2, 0.25) is 0 Å². The highest BCUT2D eigenvalue weighted by molar-refractivity contribution is 5.38. The molecule has 1 aromatic rings. The van der Waals surface area contributed by atoms with Crippen LogP contribution in [0.15, 0.2) is 18.3 Å². The van der Waals surface area contributed by atoms with Crippen LogP contribution in [0.25, 0.3) is 0 Å². The van der Waals surface area contributed by atoms with Crippen LogP contribution in [0, 0.1) is 11.8 Å². The van der Waals surface area contributed by atoms with E-state index in [0.29, 0.717) is 0 Å². The van der Waals surface area contributed by atoms with E-state index in [2.05, 4.69) is 41.3 Å². The van der Waals surface area contributed by atoms with E-state index in [1.165, 1.54) is 12.0 Å². The zero-order valence-corrected chi connectivity index (χ0v) is 10.4. The highest BCUT2D eigenvalue weighted by Gasteiger charge is 2.33. The van der Waals surface area contributed by atoms with Gasteiger partial charge in [-0.2, -0.15) is 0 Å². The monoisotopic (exact) mass is 219 g/mol. The van der Waals surface area contributed by atoms with E-state index in [1.54, 1.807) is 0 Å². The van der Waals surface area contributed by atoms with Gasteiger partial charge in [-0.15, -0.1) is 0 Å². The fourth-order valence-electron chi connectivity index (χ4n) is 2.05. The number of nitrogens with zero attached hydrogens (tertiary/aromatic N) is 2. The Labute approximate surface area is 97.9 Å². The first-order valence-electron chi connectivity index (χ1n) is 6.01. The summed E-state index contributed by atoms with van der Waals surface area (Å²) < 4.78 is 0. The third-order valence-electron chi connectivity index (χ3n) is 3.37. The largest absolute Gasteiger partial charge is 0.359 e. The normalized spacial score (nSPS) is 23.2. The molecule has 3 heteroatoms. The summed E-state index contributed by atoms with van der Waals surface area (Å²) in [5, 5.41) is 3.13. The van der Waals surface area contributed by atoms with Crippen molar-refractivity contribution in [3.05, 3.63) is 23.9 Å². The Morgan fingerprint density at radius 3 is 2.75 bits per heavy atom. The molecule has 1 aromatic heterocycles. The maximum atomic E-state index is 4.49. The molecule has 1 aliphatic carbocycles. The molecule has 16 heavy (non-hydrogen) atoms. The van der Waals surface area contributed by atoms with Crippen LogP contribution in [0.3, 0.4) is 0 Å². The molecule has 1 saturated carbocycles. The van der Waals surface area contributed by atoms with Gasteiger partial charge in [-0.25, -0.2) is 4.98 Å². The van der Waals surface area contributed by atoms with Crippen LogP contribution < -0.4 is 10.2 Å². The molecule has 0 radical (unpaired) electrons. The second-order valence-electron chi connectivity index (χ2n) is 4.91. The van der Waals surface area contributed by atoms with Crippen LogP contribution in [-0.2, 0) is 6.54 Å². The third kappa shape index (κ3) is 2.73. The Balaban J connectivity index is 1.92. The third-order valence-corrected chi connectivity index (χ3v) is 3.37. The minimum Gasteiger partial charge on any atom is -0.359 e. The highest BCUT2D eigenvalue weighted by atomic mass is 15.2. The van der Waals surface area contributed by atoms with Gasteiger partial charge in [-0.05, 0) is 36.9 Å². The summed E-state index contributed by atoms with van der Waals surface area (Å²) in [6.07, 6.45) is 3.33. The fraction of sp³-hybridized carbons (Fsp3) is 0.615. The van der Waals surface area contributed by atoms with Crippen molar-refractivity contribution in [1.29, 1.82) is 0 Å². The molecule has 2 atom stereocenters. The number of rotatable bonds is 5. The van der Waals surface area contributed by atoms with Gasteiger partial charge in [-0.3, -0.25) is 0 Å². The molecule has 2 rings (SSSR count). The van der Waals surface area contributed by atoms with Crippen molar-refractivity contribution in [3.8, 4) is 0 Å². The van der Waals surface area contributed by atoms with Crippen molar-refractivity contribution >= 4 is 5.82 Å². The van der Waals surface area contributed by atoms with E-state index in [9.17, 15) is 0 Å². The van der Waals surface area contributed by atoms with Gasteiger partial charge in [0.2, 0.25) is 0 Å². The van der Waals surface area contributed by atoms with Crippen LogP contribution in [-0.4, -0.2) is 25.6 Å². The van der Waals surface area contributed by atoms with Gasteiger partial charge >= 0.3 is 0 Å². The van der Waals surface area contributed by atoms with E-state index in [4.69, 9.17) is 0 Å². The van der Waals surface area contributed by atoms with Gasteiger partial charge in [0.15, 0.2) is 0 Å². The lowest BCUT2D eigenvalue weighted by Gasteiger charge is -2.18. The standard InChI is InChI=1S/C13H21N3/c1-10-6-12(10)9-16(3)13-5-4-11(7-14-2)8-15-13/h4-5,8,10,12,14H,6-7,9H2,1-3H3. The zero-order chi connectivity index (χ0) is 11.5. The topological polar surface area (TPSA) is 28.2 Å². The number of anilines is 1. The molecule has 88 valence electrons. The van der Waals surface area contributed by atoms with E-state index in [0.717, 1.165) is 30.7 Å². The SMILES string of the molecule is CNCc1ccc(N(C)CC2CC2C)nc1. The van der Waals surface area contributed by atoms with Crippen LogP contribution in [0.4, 0.5) is 5.82 Å². The lowest BCUT2D eigenvalue weighted by molar-refractivity contribution is 0.718.